The van der Waals surface area contributed by atoms with Crippen LogP contribution >= 0.6 is 0 Å². The van der Waals surface area contributed by atoms with Crippen molar-refractivity contribution in [1.29, 1.82) is 0 Å². The summed E-state index contributed by atoms with van der Waals surface area (Å²) in [6.45, 7) is 0. The number of phenols is 1. The lowest BCUT2D eigenvalue weighted by atomic mass is 9.96. The molecule has 0 bridgehead atoms. The Labute approximate surface area is 178 Å². The van der Waals surface area contributed by atoms with E-state index in [-0.39, 0.29) is 34.5 Å². The highest BCUT2D eigenvalue weighted by Crippen LogP contribution is 2.36. The van der Waals surface area contributed by atoms with Crippen LogP contribution < -0.4 is 11.1 Å². The minimum Gasteiger partial charge on any atom is -0.507 e. The number of alkyl halides is 6. The van der Waals surface area contributed by atoms with Crippen molar-refractivity contribution in [1.82, 2.24) is 0 Å². The Morgan fingerprint density at radius 1 is 0.875 bits per heavy atom. The van der Waals surface area contributed by atoms with Gasteiger partial charge in [-0.1, -0.05) is 12.1 Å². The van der Waals surface area contributed by atoms with E-state index >= 15 is 0 Å². The molecule has 0 aromatic heterocycles. The first kappa shape index (κ1) is 23.0. The molecule has 3 aromatic rings. The second kappa shape index (κ2) is 8.45. The summed E-state index contributed by atoms with van der Waals surface area (Å²) in [6, 6.07) is 10.7. The molecule has 0 heterocycles. The Bertz CT molecular complexity index is 1140. The van der Waals surface area contributed by atoms with E-state index in [9.17, 15) is 36.2 Å². The van der Waals surface area contributed by atoms with Crippen molar-refractivity contribution in [2.75, 3.05) is 11.1 Å². The number of halogens is 6. The summed E-state index contributed by atoms with van der Waals surface area (Å²) in [6.07, 6.45) is -9.53. The average Bonchev–Trinajstić information content (AvgIpc) is 2.68. The average molecular weight is 454 g/mol. The minimum absolute atomic E-state index is 0.0427. The van der Waals surface area contributed by atoms with Gasteiger partial charge in [0.1, 0.15) is 5.75 Å². The van der Waals surface area contributed by atoms with Crippen molar-refractivity contribution >= 4 is 17.3 Å². The van der Waals surface area contributed by atoms with Gasteiger partial charge in [0.05, 0.1) is 16.7 Å². The van der Waals surface area contributed by atoms with Crippen LogP contribution in [0, 0.1) is 0 Å². The number of phenolic OH excluding ortho intramolecular Hbond substituents is 1. The van der Waals surface area contributed by atoms with Crippen LogP contribution in [0.5, 0.6) is 5.75 Å². The first-order valence-corrected chi connectivity index (χ1v) is 9.11. The molecule has 0 fully saturated rings. The normalized spacial score (nSPS) is 11.9. The third kappa shape index (κ3) is 5.13. The fraction of sp³-hybridized carbons (Fsp3) is 0.136. The van der Waals surface area contributed by atoms with Gasteiger partial charge in [-0.25, -0.2) is 0 Å². The third-order valence-electron chi connectivity index (χ3n) is 4.65. The number of nitrogens with two attached hydrogens (primary N) is 1. The van der Waals surface area contributed by atoms with Gasteiger partial charge in [0.25, 0.3) is 5.91 Å². The van der Waals surface area contributed by atoms with Crippen LogP contribution in [-0.4, -0.2) is 11.0 Å². The number of amides is 1. The Morgan fingerprint density at radius 2 is 1.53 bits per heavy atom. The quantitative estimate of drug-likeness (QED) is 0.342. The molecule has 1 amide bonds. The van der Waals surface area contributed by atoms with Crippen LogP contribution in [0.25, 0.3) is 0 Å². The van der Waals surface area contributed by atoms with Crippen LogP contribution in [0.1, 0.15) is 32.6 Å². The largest absolute Gasteiger partial charge is 0.507 e. The molecule has 0 atom stereocenters. The van der Waals surface area contributed by atoms with Crippen LogP contribution in [-0.2, 0) is 18.8 Å². The summed E-state index contributed by atoms with van der Waals surface area (Å²) < 4.78 is 77.8. The topological polar surface area (TPSA) is 75.4 Å². The number of carbonyl (C=O) groups excluding carboxylic acids is 1. The van der Waals surface area contributed by atoms with Crippen molar-refractivity contribution in [3.63, 3.8) is 0 Å². The molecule has 4 N–H and O–H groups in total. The second-order valence-electron chi connectivity index (χ2n) is 6.93. The molecule has 0 saturated heterocycles. The zero-order valence-corrected chi connectivity index (χ0v) is 16.2. The van der Waals surface area contributed by atoms with E-state index < -0.39 is 35.1 Å². The van der Waals surface area contributed by atoms with Gasteiger partial charge in [0, 0.05) is 17.8 Å². The van der Waals surface area contributed by atoms with Crippen LogP contribution in [0.4, 0.5) is 37.7 Å². The zero-order valence-electron chi connectivity index (χ0n) is 16.2. The van der Waals surface area contributed by atoms with Crippen LogP contribution in [0.2, 0.25) is 0 Å². The number of rotatable bonds is 4. The summed E-state index contributed by atoms with van der Waals surface area (Å²) in [5.74, 6) is -1.39. The van der Waals surface area contributed by atoms with E-state index in [0.717, 1.165) is 42.5 Å². The van der Waals surface area contributed by atoms with Gasteiger partial charge >= 0.3 is 12.4 Å². The van der Waals surface area contributed by atoms with E-state index in [1.54, 1.807) is 0 Å². The standard InChI is InChI=1S/C22H16F6N2O2/c23-21(24,25)14-4-7-16(8-5-14)30-20(32)17-3-1-2-12(19(17)31)10-13-11-15(29)6-9-18(13)22(26,27)28/h1-9,11,31H,10,29H2,(H,30,32). The summed E-state index contributed by atoms with van der Waals surface area (Å²) in [4.78, 5) is 12.5. The zero-order chi connectivity index (χ0) is 23.7. The number of anilines is 2. The number of nitrogens with one attached hydrogen (secondary N) is 1. The maximum absolute atomic E-state index is 13.3. The summed E-state index contributed by atoms with van der Waals surface area (Å²) >= 11 is 0. The minimum atomic E-state index is -4.64. The molecule has 0 radical (unpaired) electrons. The Balaban J connectivity index is 1.86. The Kier molecular flexibility index (Phi) is 6.07. The van der Waals surface area contributed by atoms with Crippen LogP contribution in [0.15, 0.2) is 60.7 Å². The fourth-order valence-corrected chi connectivity index (χ4v) is 3.10. The van der Waals surface area contributed by atoms with E-state index in [1.165, 1.54) is 18.2 Å². The van der Waals surface area contributed by atoms with Gasteiger partial charge in [-0.05, 0) is 59.7 Å². The molecule has 0 aliphatic carbocycles. The predicted octanol–water partition coefficient (Wildman–Crippen LogP) is 5.86. The Hall–Kier alpha value is -3.69. The summed E-state index contributed by atoms with van der Waals surface area (Å²) in [5.41, 5.74) is 3.53. The van der Waals surface area contributed by atoms with Crippen molar-refractivity contribution in [2.45, 2.75) is 18.8 Å². The molecular formula is C22H16F6N2O2. The Morgan fingerprint density at radius 3 is 2.12 bits per heavy atom. The molecule has 0 aliphatic heterocycles. The maximum atomic E-state index is 13.3. The first-order valence-electron chi connectivity index (χ1n) is 9.11. The molecule has 4 nitrogen and oxygen atoms in total. The van der Waals surface area contributed by atoms with Gasteiger partial charge in [0.15, 0.2) is 0 Å². The number of aromatic hydroxyl groups is 1. The van der Waals surface area contributed by atoms with E-state index in [1.807, 2.05) is 0 Å². The summed E-state index contributed by atoms with van der Waals surface area (Å²) in [7, 11) is 0. The molecule has 32 heavy (non-hydrogen) atoms. The number of benzene rings is 3. The van der Waals surface area contributed by atoms with Crippen molar-refractivity contribution < 1.29 is 36.2 Å². The monoisotopic (exact) mass is 454 g/mol. The first-order chi connectivity index (χ1) is 14.9. The highest BCUT2D eigenvalue weighted by atomic mass is 19.4. The van der Waals surface area contributed by atoms with Gasteiger partial charge in [-0.2, -0.15) is 26.3 Å². The molecule has 0 unspecified atom stereocenters. The number of para-hydroxylation sites is 1. The van der Waals surface area contributed by atoms with Crippen molar-refractivity contribution in [3.8, 4) is 5.75 Å². The summed E-state index contributed by atoms with van der Waals surface area (Å²) in [5, 5.41) is 12.8. The highest BCUT2D eigenvalue weighted by Gasteiger charge is 2.33. The molecule has 3 rings (SSSR count). The molecule has 0 spiro atoms. The van der Waals surface area contributed by atoms with Crippen molar-refractivity contribution in [3.05, 3.63) is 88.5 Å². The maximum Gasteiger partial charge on any atom is 0.416 e. The lowest BCUT2D eigenvalue weighted by Crippen LogP contribution is -2.14. The number of hydrogen-bond acceptors (Lipinski definition) is 3. The van der Waals surface area contributed by atoms with Gasteiger partial charge < -0.3 is 16.2 Å². The molecule has 10 heteroatoms. The molecule has 3 aromatic carbocycles. The number of hydrogen-bond donors (Lipinski definition) is 3. The lowest BCUT2D eigenvalue weighted by molar-refractivity contribution is -0.138. The SMILES string of the molecule is Nc1ccc(C(F)(F)F)c(Cc2cccc(C(=O)Nc3ccc(C(F)(F)F)cc3)c2O)c1. The predicted molar refractivity (Wildman–Crippen MR) is 106 cm³/mol. The van der Waals surface area contributed by atoms with Gasteiger partial charge in [-0.15, -0.1) is 0 Å². The highest BCUT2D eigenvalue weighted by molar-refractivity contribution is 6.06. The van der Waals surface area contributed by atoms with Crippen LogP contribution in [0.3, 0.4) is 0 Å². The number of nitrogen functional groups attached to an aromatic ring is 1. The second-order valence-corrected chi connectivity index (χ2v) is 6.93. The molecule has 168 valence electrons. The number of carbonyl (C=O) groups is 1. The van der Waals surface area contributed by atoms with Gasteiger partial charge in [-0.3, -0.25) is 4.79 Å². The van der Waals surface area contributed by atoms with E-state index in [0.29, 0.717) is 0 Å². The third-order valence-corrected chi connectivity index (χ3v) is 4.65. The van der Waals surface area contributed by atoms with Crippen molar-refractivity contribution in [2.24, 2.45) is 0 Å². The fourth-order valence-electron chi connectivity index (χ4n) is 3.10. The molecule has 0 aliphatic rings. The van der Waals surface area contributed by atoms with E-state index in [4.69, 9.17) is 5.73 Å². The van der Waals surface area contributed by atoms with E-state index in [2.05, 4.69) is 5.32 Å². The smallest absolute Gasteiger partial charge is 0.416 e. The van der Waals surface area contributed by atoms with Gasteiger partial charge in [0.2, 0.25) is 0 Å². The lowest BCUT2D eigenvalue weighted by Gasteiger charge is -2.15. The molecular weight excluding hydrogens is 438 g/mol. The molecule has 0 saturated carbocycles.